The molecule has 0 aliphatic heterocycles. The number of carbonyl (C=O) groups excluding carboxylic acids is 1. The molecule has 28 heavy (non-hydrogen) atoms. The van der Waals surface area contributed by atoms with Crippen LogP contribution in [-0.2, 0) is 0 Å². The van der Waals surface area contributed by atoms with Crippen LogP contribution in [0.5, 0.6) is 0 Å². The van der Waals surface area contributed by atoms with Crippen LogP contribution < -0.4 is 16.2 Å². The number of halogens is 1. The van der Waals surface area contributed by atoms with Crippen LogP contribution in [0.4, 0.5) is 20.6 Å². The predicted molar refractivity (Wildman–Crippen MR) is 106 cm³/mol. The Morgan fingerprint density at radius 3 is 2.46 bits per heavy atom. The highest BCUT2D eigenvalue weighted by molar-refractivity contribution is 5.99. The fraction of sp³-hybridized carbons (Fsp3) is 0. The van der Waals surface area contributed by atoms with Crippen molar-refractivity contribution in [1.29, 1.82) is 0 Å². The summed E-state index contributed by atoms with van der Waals surface area (Å²) < 4.78 is 15.1. The molecule has 0 bridgehead atoms. The molecule has 6 nitrogen and oxygen atoms in total. The monoisotopic (exact) mass is 374 g/mol. The summed E-state index contributed by atoms with van der Waals surface area (Å²) in [5, 5.41) is 5.07. The van der Waals surface area contributed by atoms with Gasteiger partial charge in [-0.3, -0.25) is 9.20 Å². The average Bonchev–Trinajstić information content (AvgIpc) is 2.71. The van der Waals surface area contributed by atoms with E-state index < -0.39 is 11.8 Å². The molecule has 0 radical (unpaired) electrons. The Labute approximate surface area is 159 Å². The second-order valence-corrected chi connectivity index (χ2v) is 6.04. The molecule has 7 heteroatoms. The van der Waals surface area contributed by atoms with E-state index in [-0.39, 0.29) is 11.2 Å². The lowest BCUT2D eigenvalue weighted by molar-refractivity contribution is 0.262. The summed E-state index contributed by atoms with van der Waals surface area (Å²) in [6.07, 6.45) is 3.20. The van der Waals surface area contributed by atoms with Crippen molar-refractivity contribution in [2.24, 2.45) is 0 Å². The number of carbonyl (C=O) groups is 1. The third-order valence-corrected chi connectivity index (χ3v) is 4.19. The molecule has 0 saturated heterocycles. The summed E-state index contributed by atoms with van der Waals surface area (Å²) in [5.74, 6) is -0.516. The molecule has 2 N–H and O–H groups in total. The van der Waals surface area contributed by atoms with Gasteiger partial charge in [-0.25, -0.2) is 14.2 Å². The fourth-order valence-electron chi connectivity index (χ4n) is 2.81. The van der Waals surface area contributed by atoms with E-state index in [1.807, 2.05) is 6.07 Å². The van der Waals surface area contributed by atoms with Crippen LogP contribution in [0.15, 0.2) is 83.9 Å². The SMILES string of the molecule is O=C(Nc1ccc(-c2cnc3ccccn3c2=O)cc1)Nc1ccccc1F. The van der Waals surface area contributed by atoms with Crippen molar-refractivity contribution in [3.63, 3.8) is 0 Å². The van der Waals surface area contributed by atoms with E-state index in [9.17, 15) is 14.0 Å². The van der Waals surface area contributed by atoms with Gasteiger partial charge in [-0.1, -0.05) is 30.3 Å². The second-order valence-electron chi connectivity index (χ2n) is 6.04. The number of rotatable bonds is 3. The molecule has 2 heterocycles. The Hall–Kier alpha value is -4.00. The van der Waals surface area contributed by atoms with Crippen LogP contribution in [0.1, 0.15) is 0 Å². The van der Waals surface area contributed by atoms with Crippen molar-refractivity contribution in [3.05, 3.63) is 95.3 Å². The minimum absolute atomic E-state index is 0.0897. The lowest BCUT2D eigenvalue weighted by Crippen LogP contribution is -2.20. The number of hydrogen-bond donors (Lipinski definition) is 2. The minimum Gasteiger partial charge on any atom is -0.308 e. The standard InChI is InChI=1S/C21H15FN4O2/c22-17-5-1-2-6-18(17)25-21(28)24-15-10-8-14(9-11-15)16-13-23-19-7-3-4-12-26(19)20(16)27/h1-13H,(H2,24,25,28). The Morgan fingerprint density at radius 1 is 0.929 bits per heavy atom. The Kier molecular flexibility index (Phi) is 4.55. The van der Waals surface area contributed by atoms with Crippen molar-refractivity contribution in [3.8, 4) is 11.1 Å². The van der Waals surface area contributed by atoms with Crippen molar-refractivity contribution < 1.29 is 9.18 Å². The average molecular weight is 374 g/mol. The number of hydrogen-bond acceptors (Lipinski definition) is 3. The highest BCUT2D eigenvalue weighted by Gasteiger charge is 2.09. The van der Waals surface area contributed by atoms with Gasteiger partial charge in [-0.15, -0.1) is 0 Å². The molecule has 0 aliphatic rings. The third-order valence-electron chi connectivity index (χ3n) is 4.19. The molecule has 2 amide bonds. The summed E-state index contributed by atoms with van der Waals surface area (Å²) in [6.45, 7) is 0. The number of nitrogens with zero attached hydrogens (tertiary/aromatic N) is 2. The number of para-hydroxylation sites is 1. The van der Waals surface area contributed by atoms with Gasteiger partial charge in [0.15, 0.2) is 0 Å². The highest BCUT2D eigenvalue weighted by Crippen LogP contribution is 2.19. The zero-order valence-corrected chi connectivity index (χ0v) is 14.6. The number of amides is 2. The van der Waals surface area contributed by atoms with Crippen LogP contribution in [0.3, 0.4) is 0 Å². The maximum Gasteiger partial charge on any atom is 0.323 e. The van der Waals surface area contributed by atoms with Crippen LogP contribution in [0.2, 0.25) is 0 Å². The maximum atomic E-state index is 13.6. The van der Waals surface area contributed by atoms with Gasteiger partial charge in [0.05, 0.1) is 11.3 Å². The number of pyridine rings is 1. The summed E-state index contributed by atoms with van der Waals surface area (Å²) >= 11 is 0. The zero-order chi connectivity index (χ0) is 19.5. The smallest absolute Gasteiger partial charge is 0.308 e. The molecular formula is C21H15FN4O2. The zero-order valence-electron chi connectivity index (χ0n) is 14.6. The molecule has 0 aliphatic carbocycles. The fourth-order valence-corrected chi connectivity index (χ4v) is 2.81. The van der Waals surface area contributed by atoms with Gasteiger partial charge in [0.25, 0.3) is 5.56 Å². The first kappa shape index (κ1) is 17.4. The van der Waals surface area contributed by atoms with E-state index in [2.05, 4.69) is 15.6 Å². The quantitative estimate of drug-likeness (QED) is 0.566. The molecule has 0 spiro atoms. The van der Waals surface area contributed by atoms with Gasteiger partial charge in [-0.2, -0.15) is 0 Å². The summed E-state index contributed by atoms with van der Waals surface area (Å²) in [5.41, 5.74) is 2.11. The van der Waals surface area contributed by atoms with E-state index in [0.717, 1.165) is 0 Å². The summed E-state index contributed by atoms with van der Waals surface area (Å²) in [4.78, 5) is 29.0. The summed E-state index contributed by atoms with van der Waals surface area (Å²) in [6, 6.07) is 17.4. The largest absolute Gasteiger partial charge is 0.323 e. The van der Waals surface area contributed by atoms with Gasteiger partial charge in [0.2, 0.25) is 0 Å². The summed E-state index contributed by atoms with van der Waals surface area (Å²) in [7, 11) is 0. The lowest BCUT2D eigenvalue weighted by atomic mass is 10.1. The van der Waals surface area contributed by atoms with Crippen molar-refractivity contribution >= 4 is 23.1 Å². The van der Waals surface area contributed by atoms with Gasteiger partial charge >= 0.3 is 6.03 Å². The van der Waals surface area contributed by atoms with Crippen molar-refractivity contribution in [2.45, 2.75) is 0 Å². The molecule has 2 aromatic heterocycles. The van der Waals surface area contributed by atoms with E-state index in [1.165, 1.54) is 22.7 Å². The molecule has 2 aromatic carbocycles. The first-order valence-corrected chi connectivity index (χ1v) is 8.51. The molecule has 4 rings (SSSR count). The van der Waals surface area contributed by atoms with Gasteiger partial charge in [-0.05, 0) is 42.0 Å². The Bertz CT molecular complexity index is 1220. The Balaban J connectivity index is 1.53. The van der Waals surface area contributed by atoms with E-state index in [4.69, 9.17) is 0 Å². The number of benzene rings is 2. The normalized spacial score (nSPS) is 10.6. The number of urea groups is 1. The maximum absolute atomic E-state index is 13.6. The molecule has 4 aromatic rings. The number of fused-ring (bicyclic) bond motifs is 1. The molecule has 138 valence electrons. The predicted octanol–water partition coefficient (Wildman–Crippen LogP) is 4.14. The highest BCUT2D eigenvalue weighted by atomic mass is 19.1. The second kappa shape index (κ2) is 7.32. The Morgan fingerprint density at radius 2 is 1.68 bits per heavy atom. The van der Waals surface area contributed by atoms with Crippen LogP contribution in [-0.4, -0.2) is 15.4 Å². The van der Waals surface area contributed by atoms with Gasteiger partial charge < -0.3 is 10.6 Å². The van der Waals surface area contributed by atoms with Crippen LogP contribution >= 0.6 is 0 Å². The van der Waals surface area contributed by atoms with Crippen LogP contribution in [0.25, 0.3) is 16.8 Å². The molecule has 0 atom stereocenters. The molecular weight excluding hydrogens is 359 g/mol. The van der Waals surface area contributed by atoms with Crippen molar-refractivity contribution in [1.82, 2.24) is 9.38 Å². The first-order chi connectivity index (χ1) is 13.6. The van der Waals surface area contributed by atoms with Crippen molar-refractivity contribution in [2.75, 3.05) is 10.6 Å². The van der Waals surface area contributed by atoms with E-state index in [1.54, 1.807) is 54.7 Å². The molecule has 0 fully saturated rings. The molecule has 0 unspecified atom stereocenters. The van der Waals surface area contributed by atoms with Gasteiger partial charge in [0, 0.05) is 18.1 Å². The number of aromatic nitrogens is 2. The van der Waals surface area contributed by atoms with Crippen LogP contribution in [0, 0.1) is 5.82 Å². The van der Waals surface area contributed by atoms with E-state index >= 15 is 0 Å². The minimum atomic E-state index is -0.565. The topological polar surface area (TPSA) is 75.5 Å². The lowest BCUT2D eigenvalue weighted by Gasteiger charge is -2.09. The number of anilines is 2. The first-order valence-electron chi connectivity index (χ1n) is 8.51. The number of nitrogens with one attached hydrogen (secondary N) is 2. The van der Waals surface area contributed by atoms with E-state index in [0.29, 0.717) is 22.5 Å². The van der Waals surface area contributed by atoms with Gasteiger partial charge in [0.1, 0.15) is 11.5 Å². The molecule has 0 saturated carbocycles. The third kappa shape index (κ3) is 3.45.